The molecule has 0 aromatic heterocycles. The van der Waals surface area contributed by atoms with E-state index in [4.69, 9.17) is 4.74 Å². The van der Waals surface area contributed by atoms with Crippen molar-refractivity contribution in [1.29, 1.82) is 5.26 Å². The van der Waals surface area contributed by atoms with Gasteiger partial charge in [0, 0.05) is 13.2 Å². The summed E-state index contributed by atoms with van der Waals surface area (Å²) < 4.78 is 5.43. The quantitative estimate of drug-likeness (QED) is 0.733. The number of nitriles is 1. The second-order valence-electron chi connectivity index (χ2n) is 7.32. The maximum Gasteiger partial charge on any atom is 0.0691 e. The Bertz CT molecular complexity index is 712. The molecule has 0 bridgehead atoms. The van der Waals surface area contributed by atoms with Crippen molar-refractivity contribution in [2.45, 2.75) is 38.6 Å². The van der Waals surface area contributed by atoms with Crippen LogP contribution in [0.1, 0.15) is 48.4 Å². The molecule has 1 heterocycles. The molecule has 1 aliphatic rings. The summed E-state index contributed by atoms with van der Waals surface area (Å²) in [5.41, 5.74) is 3.64. The first kappa shape index (κ1) is 18.6. The van der Waals surface area contributed by atoms with Crippen molar-refractivity contribution >= 4 is 0 Å². The van der Waals surface area contributed by atoms with Gasteiger partial charge in [-0.2, -0.15) is 5.26 Å². The second-order valence-corrected chi connectivity index (χ2v) is 7.32. The Kier molecular flexibility index (Phi) is 6.44. The highest BCUT2D eigenvalue weighted by molar-refractivity contribution is 5.33. The SMILES string of the molecule is Cc1ccc([C@H](NCCCC2(C#N)CCOCC2)c2ccccc2)cc1. The number of nitrogens with zero attached hydrogens (tertiary/aromatic N) is 1. The molecule has 2 aromatic rings. The van der Waals surface area contributed by atoms with Crippen molar-refractivity contribution in [2.75, 3.05) is 19.8 Å². The topological polar surface area (TPSA) is 45.0 Å². The van der Waals surface area contributed by atoms with Crippen LogP contribution in [0.2, 0.25) is 0 Å². The zero-order valence-corrected chi connectivity index (χ0v) is 15.6. The minimum absolute atomic E-state index is 0.185. The highest BCUT2D eigenvalue weighted by Gasteiger charge is 2.32. The number of aryl methyl sites for hydroxylation is 1. The molecule has 136 valence electrons. The Labute approximate surface area is 157 Å². The summed E-state index contributed by atoms with van der Waals surface area (Å²) in [5, 5.41) is 13.3. The van der Waals surface area contributed by atoms with Crippen LogP contribution in [0.25, 0.3) is 0 Å². The predicted molar refractivity (Wildman–Crippen MR) is 105 cm³/mol. The van der Waals surface area contributed by atoms with Crippen molar-refractivity contribution in [3.8, 4) is 6.07 Å². The molecule has 3 nitrogen and oxygen atoms in total. The van der Waals surface area contributed by atoms with Crippen LogP contribution in [0.4, 0.5) is 0 Å². The standard InChI is InChI=1S/C23H28N2O/c1-19-8-10-21(11-9-19)22(20-6-3-2-4-7-20)25-15-5-12-23(18-24)13-16-26-17-14-23/h2-4,6-11,22,25H,5,12-17H2,1H3/t22-/m1/s1. The fourth-order valence-electron chi connectivity index (χ4n) is 3.69. The summed E-state index contributed by atoms with van der Waals surface area (Å²) in [5.74, 6) is 0. The van der Waals surface area contributed by atoms with Crippen LogP contribution in [-0.2, 0) is 4.74 Å². The molecule has 0 unspecified atom stereocenters. The Morgan fingerprint density at radius 3 is 2.35 bits per heavy atom. The summed E-state index contributed by atoms with van der Waals surface area (Å²) in [6.45, 7) is 4.45. The molecule has 1 saturated heterocycles. The van der Waals surface area contributed by atoms with Gasteiger partial charge in [0.15, 0.2) is 0 Å². The Morgan fingerprint density at radius 1 is 1.04 bits per heavy atom. The zero-order valence-electron chi connectivity index (χ0n) is 15.6. The molecular formula is C23H28N2O. The van der Waals surface area contributed by atoms with Crippen LogP contribution in [0, 0.1) is 23.7 Å². The van der Waals surface area contributed by atoms with Gasteiger partial charge in [-0.15, -0.1) is 0 Å². The van der Waals surface area contributed by atoms with Crippen molar-refractivity contribution < 1.29 is 4.74 Å². The van der Waals surface area contributed by atoms with Crippen molar-refractivity contribution in [3.63, 3.8) is 0 Å². The largest absolute Gasteiger partial charge is 0.381 e. The van der Waals surface area contributed by atoms with E-state index in [-0.39, 0.29) is 11.5 Å². The van der Waals surface area contributed by atoms with Crippen LogP contribution in [0.3, 0.4) is 0 Å². The number of hydrogen-bond donors (Lipinski definition) is 1. The molecule has 1 atom stereocenters. The highest BCUT2D eigenvalue weighted by Crippen LogP contribution is 2.34. The van der Waals surface area contributed by atoms with E-state index in [1.54, 1.807) is 0 Å². The lowest BCUT2D eigenvalue weighted by atomic mass is 9.78. The average Bonchev–Trinajstić information content (AvgIpc) is 2.70. The van der Waals surface area contributed by atoms with Crippen molar-refractivity contribution in [2.24, 2.45) is 5.41 Å². The summed E-state index contributed by atoms with van der Waals surface area (Å²) in [6.07, 6.45) is 3.67. The first-order chi connectivity index (χ1) is 12.7. The lowest BCUT2D eigenvalue weighted by Crippen LogP contribution is -2.30. The summed E-state index contributed by atoms with van der Waals surface area (Å²) in [4.78, 5) is 0. The van der Waals surface area contributed by atoms with E-state index < -0.39 is 0 Å². The lowest BCUT2D eigenvalue weighted by molar-refractivity contribution is 0.0361. The molecule has 0 amide bonds. The van der Waals surface area contributed by atoms with Gasteiger partial charge in [0.1, 0.15) is 0 Å². The number of nitrogens with one attached hydrogen (secondary N) is 1. The monoisotopic (exact) mass is 348 g/mol. The zero-order chi connectivity index (χ0) is 18.2. The molecule has 0 saturated carbocycles. The molecule has 0 aliphatic carbocycles. The van der Waals surface area contributed by atoms with Gasteiger partial charge in [-0.25, -0.2) is 0 Å². The van der Waals surface area contributed by atoms with Gasteiger partial charge in [-0.3, -0.25) is 0 Å². The normalized spacial score (nSPS) is 17.4. The molecule has 2 aromatic carbocycles. The van der Waals surface area contributed by atoms with Crippen LogP contribution in [-0.4, -0.2) is 19.8 Å². The maximum absolute atomic E-state index is 9.61. The molecule has 3 rings (SSSR count). The average molecular weight is 348 g/mol. The van der Waals surface area contributed by atoms with Crippen molar-refractivity contribution in [1.82, 2.24) is 5.32 Å². The van der Waals surface area contributed by atoms with Gasteiger partial charge in [0.05, 0.1) is 17.5 Å². The first-order valence-corrected chi connectivity index (χ1v) is 9.56. The van der Waals surface area contributed by atoms with E-state index in [2.05, 4.69) is 72.9 Å². The van der Waals surface area contributed by atoms with Crippen LogP contribution in [0.5, 0.6) is 0 Å². The molecule has 1 aliphatic heterocycles. The third-order valence-electron chi connectivity index (χ3n) is 5.41. The van der Waals surface area contributed by atoms with Crippen molar-refractivity contribution in [3.05, 3.63) is 71.3 Å². The molecule has 1 N–H and O–H groups in total. The molecule has 1 fully saturated rings. The number of hydrogen-bond acceptors (Lipinski definition) is 3. The van der Waals surface area contributed by atoms with E-state index in [1.165, 1.54) is 16.7 Å². The third-order valence-corrected chi connectivity index (χ3v) is 5.41. The van der Waals surface area contributed by atoms with Gasteiger partial charge in [-0.05, 0) is 50.3 Å². The third kappa shape index (κ3) is 4.72. The maximum atomic E-state index is 9.61. The van der Waals surface area contributed by atoms with Gasteiger partial charge >= 0.3 is 0 Å². The van der Waals surface area contributed by atoms with Crippen LogP contribution in [0.15, 0.2) is 54.6 Å². The van der Waals surface area contributed by atoms with Gasteiger partial charge in [-0.1, -0.05) is 60.2 Å². The summed E-state index contributed by atoms with van der Waals surface area (Å²) >= 11 is 0. The summed E-state index contributed by atoms with van der Waals surface area (Å²) in [7, 11) is 0. The number of ether oxygens (including phenoxy) is 1. The fraction of sp³-hybridized carbons (Fsp3) is 0.435. The minimum atomic E-state index is -0.188. The van der Waals surface area contributed by atoms with Gasteiger partial charge in [0.2, 0.25) is 0 Å². The summed E-state index contributed by atoms with van der Waals surface area (Å²) in [6, 6.07) is 22.1. The van der Waals surface area contributed by atoms with Crippen LogP contribution < -0.4 is 5.32 Å². The molecule has 0 radical (unpaired) electrons. The predicted octanol–water partition coefficient (Wildman–Crippen LogP) is 4.77. The van der Waals surface area contributed by atoms with E-state index in [0.29, 0.717) is 0 Å². The molecule has 3 heteroatoms. The smallest absolute Gasteiger partial charge is 0.0691 e. The van der Waals surface area contributed by atoms with Gasteiger partial charge in [0.25, 0.3) is 0 Å². The fourth-order valence-corrected chi connectivity index (χ4v) is 3.69. The Hall–Kier alpha value is -2.15. The van der Waals surface area contributed by atoms with E-state index in [0.717, 1.165) is 45.4 Å². The lowest BCUT2D eigenvalue weighted by Gasteiger charge is -2.31. The van der Waals surface area contributed by atoms with Gasteiger partial charge < -0.3 is 10.1 Å². The highest BCUT2D eigenvalue weighted by atomic mass is 16.5. The minimum Gasteiger partial charge on any atom is -0.381 e. The number of benzene rings is 2. The van der Waals surface area contributed by atoms with E-state index >= 15 is 0 Å². The number of rotatable bonds is 7. The molecule has 26 heavy (non-hydrogen) atoms. The first-order valence-electron chi connectivity index (χ1n) is 9.56. The van der Waals surface area contributed by atoms with Crippen LogP contribution >= 0.6 is 0 Å². The Balaban J connectivity index is 1.63. The molecular weight excluding hydrogens is 320 g/mol. The molecule has 0 spiro atoms. The van der Waals surface area contributed by atoms with E-state index in [1.807, 2.05) is 0 Å². The second kappa shape index (κ2) is 8.98. The Morgan fingerprint density at radius 2 is 1.69 bits per heavy atom. The van der Waals surface area contributed by atoms with E-state index in [9.17, 15) is 5.26 Å².